The van der Waals surface area contributed by atoms with Crippen molar-refractivity contribution in [1.29, 1.82) is 0 Å². The highest BCUT2D eigenvalue weighted by Gasteiger charge is 2.13. The molecule has 7 nitrogen and oxygen atoms in total. The van der Waals surface area contributed by atoms with Crippen molar-refractivity contribution in [3.8, 4) is 0 Å². The molecule has 0 saturated heterocycles. The van der Waals surface area contributed by atoms with E-state index in [1.807, 2.05) is 4.90 Å². The van der Waals surface area contributed by atoms with Crippen molar-refractivity contribution < 1.29 is 9.47 Å². The van der Waals surface area contributed by atoms with Crippen LogP contribution in [0, 0.1) is 0 Å². The molecular formula is C10H18BrN5O2. The van der Waals surface area contributed by atoms with Gasteiger partial charge < -0.3 is 14.4 Å². The van der Waals surface area contributed by atoms with Crippen LogP contribution in [0.4, 0.5) is 11.8 Å². The summed E-state index contributed by atoms with van der Waals surface area (Å²) in [6, 6.07) is 0. The van der Waals surface area contributed by atoms with E-state index < -0.39 is 0 Å². The predicted molar refractivity (Wildman–Crippen MR) is 73.5 cm³/mol. The molecule has 0 aromatic carbocycles. The summed E-state index contributed by atoms with van der Waals surface area (Å²) >= 11 is 3.43. The molecule has 0 saturated carbocycles. The van der Waals surface area contributed by atoms with Gasteiger partial charge in [-0.3, -0.25) is 5.43 Å². The average Bonchev–Trinajstić information content (AvgIpc) is 2.40. The minimum atomic E-state index is 0.369. The molecule has 1 heterocycles. The van der Waals surface area contributed by atoms with E-state index in [-0.39, 0.29) is 0 Å². The number of hydrazine groups is 1. The SMILES string of the molecule is COCCN(CCOC)c1nc(NN)ncc1Br. The first-order valence-corrected chi connectivity index (χ1v) is 6.24. The van der Waals surface area contributed by atoms with Crippen LogP contribution in [0.5, 0.6) is 0 Å². The first-order chi connectivity index (χ1) is 8.72. The van der Waals surface area contributed by atoms with Crippen LogP contribution in [0.1, 0.15) is 0 Å². The normalized spacial score (nSPS) is 10.4. The summed E-state index contributed by atoms with van der Waals surface area (Å²) in [6.07, 6.45) is 1.66. The summed E-state index contributed by atoms with van der Waals surface area (Å²) in [7, 11) is 3.33. The van der Waals surface area contributed by atoms with Gasteiger partial charge in [0.1, 0.15) is 5.82 Å². The van der Waals surface area contributed by atoms with E-state index in [9.17, 15) is 0 Å². The zero-order valence-electron chi connectivity index (χ0n) is 10.5. The van der Waals surface area contributed by atoms with Crippen molar-refractivity contribution in [3.05, 3.63) is 10.7 Å². The standard InChI is InChI=1S/C10H18BrN5O2/c1-17-5-3-16(4-6-18-2)9-8(11)7-13-10(14-9)15-12/h7H,3-6,12H2,1-2H3,(H,13,14,15). The number of anilines is 2. The monoisotopic (exact) mass is 319 g/mol. The highest BCUT2D eigenvalue weighted by Crippen LogP contribution is 2.23. The van der Waals surface area contributed by atoms with Crippen LogP contribution in [-0.4, -0.2) is 50.5 Å². The minimum Gasteiger partial charge on any atom is -0.383 e. The molecule has 0 atom stereocenters. The Kier molecular flexibility index (Phi) is 6.88. The maximum Gasteiger partial charge on any atom is 0.239 e. The van der Waals surface area contributed by atoms with Crippen molar-refractivity contribution in [3.63, 3.8) is 0 Å². The lowest BCUT2D eigenvalue weighted by Crippen LogP contribution is -2.32. The highest BCUT2D eigenvalue weighted by atomic mass is 79.9. The van der Waals surface area contributed by atoms with Gasteiger partial charge in [-0.15, -0.1) is 0 Å². The van der Waals surface area contributed by atoms with Crippen LogP contribution in [-0.2, 0) is 9.47 Å². The van der Waals surface area contributed by atoms with Gasteiger partial charge in [0, 0.05) is 33.5 Å². The van der Waals surface area contributed by atoms with E-state index in [0.29, 0.717) is 32.3 Å². The topological polar surface area (TPSA) is 85.5 Å². The third kappa shape index (κ3) is 4.37. The first-order valence-electron chi connectivity index (χ1n) is 5.45. The average molecular weight is 320 g/mol. The van der Waals surface area contributed by atoms with Gasteiger partial charge in [-0.1, -0.05) is 0 Å². The zero-order valence-corrected chi connectivity index (χ0v) is 12.1. The number of ether oxygens (including phenoxy) is 2. The number of nitrogen functional groups attached to an aromatic ring is 1. The van der Waals surface area contributed by atoms with E-state index in [1.54, 1.807) is 20.4 Å². The van der Waals surface area contributed by atoms with Crippen molar-refractivity contribution in [2.75, 3.05) is 50.8 Å². The fourth-order valence-electron chi connectivity index (χ4n) is 1.38. The van der Waals surface area contributed by atoms with E-state index in [4.69, 9.17) is 15.3 Å². The van der Waals surface area contributed by atoms with Gasteiger partial charge in [-0.05, 0) is 15.9 Å². The molecule has 0 aliphatic heterocycles. The number of hydrogen-bond acceptors (Lipinski definition) is 7. The Bertz CT molecular complexity index is 358. The molecule has 8 heteroatoms. The maximum atomic E-state index is 5.31. The number of halogens is 1. The minimum absolute atomic E-state index is 0.369. The molecule has 0 radical (unpaired) electrons. The third-order valence-electron chi connectivity index (χ3n) is 2.28. The van der Waals surface area contributed by atoms with Gasteiger partial charge in [0.05, 0.1) is 17.7 Å². The molecule has 1 aromatic heterocycles. The van der Waals surface area contributed by atoms with Gasteiger partial charge in [-0.2, -0.15) is 4.98 Å². The summed E-state index contributed by atoms with van der Waals surface area (Å²) < 4.78 is 11.0. The second kappa shape index (κ2) is 8.20. The van der Waals surface area contributed by atoms with Crippen LogP contribution in [0.25, 0.3) is 0 Å². The smallest absolute Gasteiger partial charge is 0.239 e. The molecule has 0 aliphatic rings. The molecule has 3 N–H and O–H groups in total. The van der Waals surface area contributed by atoms with E-state index in [1.165, 1.54) is 0 Å². The molecule has 1 rings (SSSR count). The van der Waals surface area contributed by atoms with Crippen molar-refractivity contribution in [1.82, 2.24) is 9.97 Å². The van der Waals surface area contributed by atoms with Gasteiger partial charge in [0.15, 0.2) is 0 Å². The Balaban J connectivity index is 2.87. The Morgan fingerprint density at radius 1 is 1.33 bits per heavy atom. The fraction of sp³-hybridized carbons (Fsp3) is 0.600. The molecular weight excluding hydrogens is 302 g/mol. The summed E-state index contributed by atoms with van der Waals surface area (Å²) in [6.45, 7) is 2.62. The van der Waals surface area contributed by atoms with Crippen LogP contribution in [0.3, 0.4) is 0 Å². The van der Waals surface area contributed by atoms with Gasteiger partial charge in [-0.25, -0.2) is 10.8 Å². The largest absolute Gasteiger partial charge is 0.383 e. The number of nitrogens with zero attached hydrogens (tertiary/aromatic N) is 3. The molecule has 0 bridgehead atoms. The number of nitrogens with two attached hydrogens (primary N) is 1. The molecule has 0 fully saturated rings. The zero-order chi connectivity index (χ0) is 13.4. The van der Waals surface area contributed by atoms with E-state index in [0.717, 1.165) is 10.3 Å². The van der Waals surface area contributed by atoms with Crippen molar-refractivity contribution >= 4 is 27.7 Å². The van der Waals surface area contributed by atoms with Crippen LogP contribution in [0.15, 0.2) is 10.7 Å². The number of rotatable bonds is 8. The molecule has 0 amide bonds. The maximum absolute atomic E-state index is 5.31. The molecule has 102 valence electrons. The molecule has 0 spiro atoms. The van der Waals surface area contributed by atoms with Gasteiger partial charge >= 0.3 is 0 Å². The fourth-order valence-corrected chi connectivity index (χ4v) is 1.82. The summed E-state index contributed by atoms with van der Waals surface area (Å²) in [4.78, 5) is 10.4. The van der Waals surface area contributed by atoms with Crippen LogP contribution >= 0.6 is 15.9 Å². The second-order valence-corrected chi connectivity index (χ2v) is 4.34. The van der Waals surface area contributed by atoms with Crippen molar-refractivity contribution in [2.45, 2.75) is 0 Å². The molecule has 1 aromatic rings. The van der Waals surface area contributed by atoms with E-state index >= 15 is 0 Å². The Morgan fingerprint density at radius 3 is 2.44 bits per heavy atom. The summed E-state index contributed by atoms with van der Waals surface area (Å²) in [5.74, 6) is 6.44. The summed E-state index contributed by atoms with van der Waals surface area (Å²) in [5, 5.41) is 0. The van der Waals surface area contributed by atoms with Gasteiger partial charge in [0.2, 0.25) is 5.95 Å². The number of aromatic nitrogens is 2. The Labute approximate surface area is 115 Å². The highest BCUT2D eigenvalue weighted by molar-refractivity contribution is 9.10. The predicted octanol–water partition coefficient (Wildman–Crippen LogP) is 0.624. The summed E-state index contributed by atoms with van der Waals surface area (Å²) in [5.41, 5.74) is 2.43. The lowest BCUT2D eigenvalue weighted by atomic mass is 10.4. The third-order valence-corrected chi connectivity index (χ3v) is 2.84. The lowest BCUT2D eigenvalue weighted by Gasteiger charge is -2.24. The number of hydrogen-bond donors (Lipinski definition) is 2. The molecule has 0 aliphatic carbocycles. The number of nitrogens with one attached hydrogen (secondary N) is 1. The number of methoxy groups -OCH3 is 2. The second-order valence-electron chi connectivity index (χ2n) is 3.48. The molecule has 18 heavy (non-hydrogen) atoms. The Morgan fingerprint density at radius 2 is 1.94 bits per heavy atom. The van der Waals surface area contributed by atoms with Crippen LogP contribution in [0.2, 0.25) is 0 Å². The van der Waals surface area contributed by atoms with E-state index in [2.05, 4.69) is 31.3 Å². The quantitative estimate of drug-likeness (QED) is 0.536. The lowest BCUT2D eigenvalue weighted by molar-refractivity contribution is 0.190. The molecule has 0 unspecified atom stereocenters. The van der Waals surface area contributed by atoms with Gasteiger partial charge in [0.25, 0.3) is 0 Å². The van der Waals surface area contributed by atoms with Crippen molar-refractivity contribution in [2.24, 2.45) is 5.84 Å². The Hall–Kier alpha value is -0.960. The first kappa shape index (κ1) is 15.1. The van der Waals surface area contributed by atoms with Crippen LogP contribution < -0.4 is 16.2 Å².